The lowest BCUT2D eigenvalue weighted by atomic mass is 9.98. The van der Waals surface area contributed by atoms with Gasteiger partial charge in [0, 0.05) is 23.9 Å². The molecule has 0 spiro atoms. The Balaban J connectivity index is 1.55. The highest BCUT2D eigenvalue weighted by Gasteiger charge is 2.36. The van der Waals surface area contributed by atoms with Crippen LogP contribution in [0, 0.1) is 11.7 Å². The number of hydrogen-bond donors (Lipinski definition) is 1. The van der Waals surface area contributed by atoms with Gasteiger partial charge in [-0.1, -0.05) is 12.8 Å². The molecule has 31 heavy (non-hydrogen) atoms. The number of benzene rings is 1. The second kappa shape index (κ2) is 6.93. The maximum absolute atomic E-state index is 14.4. The Morgan fingerprint density at radius 2 is 2.19 bits per heavy atom. The minimum atomic E-state index is -0.272. The third kappa shape index (κ3) is 3.21. The molecule has 4 heterocycles. The van der Waals surface area contributed by atoms with Crippen molar-refractivity contribution in [3.05, 3.63) is 53.1 Å². The van der Waals surface area contributed by atoms with Crippen molar-refractivity contribution in [3.8, 4) is 5.75 Å². The average molecular weight is 421 g/mol. The highest BCUT2D eigenvalue weighted by molar-refractivity contribution is 5.99. The van der Waals surface area contributed by atoms with Gasteiger partial charge in [-0.3, -0.25) is 4.79 Å². The van der Waals surface area contributed by atoms with E-state index >= 15 is 0 Å². The highest BCUT2D eigenvalue weighted by atomic mass is 19.1. The summed E-state index contributed by atoms with van der Waals surface area (Å²) in [5.74, 6) is 1.67. The molecule has 1 aromatic carbocycles. The molecule has 7 nitrogen and oxygen atoms in total. The largest absolute Gasteiger partial charge is 0.489 e. The number of nitrogens with one attached hydrogen (secondary N) is 1. The van der Waals surface area contributed by atoms with E-state index in [1.54, 1.807) is 22.8 Å². The highest BCUT2D eigenvalue weighted by Crippen LogP contribution is 2.46. The van der Waals surface area contributed by atoms with Gasteiger partial charge in [-0.05, 0) is 43.9 Å². The summed E-state index contributed by atoms with van der Waals surface area (Å²) in [6.07, 6.45) is 7.44. The Bertz CT molecular complexity index is 1190. The van der Waals surface area contributed by atoms with Crippen LogP contribution in [0.4, 0.5) is 10.2 Å². The molecule has 160 valence electrons. The second-order valence-corrected chi connectivity index (χ2v) is 8.88. The lowest BCUT2D eigenvalue weighted by Gasteiger charge is -2.32. The Morgan fingerprint density at radius 3 is 3.03 bits per heavy atom. The van der Waals surface area contributed by atoms with Crippen molar-refractivity contribution < 1.29 is 13.9 Å². The molecule has 8 heteroatoms. The number of carbonyl (C=O) groups excluding carboxylic acids is 1. The summed E-state index contributed by atoms with van der Waals surface area (Å²) in [4.78, 5) is 20.0. The zero-order chi connectivity index (χ0) is 21.1. The molecule has 1 amide bonds. The van der Waals surface area contributed by atoms with Crippen molar-refractivity contribution in [2.75, 3.05) is 18.0 Å². The van der Waals surface area contributed by atoms with Gasteiger partial charge < -0.3 is 15.0 Å². The second-order valence-electron chi connectivity index (χ2n) is 8.88. The van der Waals surface area contributed by atoms with Gasteiger partial charge in [0.25, 0.3) is 5.91 Å². The van der Waals surface area contributed by atoms with Gasteiger partial charge in [-0.15, -0.1) is 0 Å². The van der Waals surface area contributed by atoms with Crippen LogP contribution in [0.5, 0.6) is 5.75 Å². The number of nitrogens with zero attached hydrogens (tertiary/aromatic N) is 4. The van der Waals surface area contributed by atoms with Crippen molar-refractivity contribution in [2.24, 2.45) is 5.92 Å². The maximum Gasteiger partial charge on any atom is 0.256 e. The molecule has 3 aromatic rings. The van der Waals surface area contributed by atoms with E-state index in [9.17, 15) is 9.18 Å². The van der Waals surface area contributed by atoms with E-state index in [-0.39, 0.29) is 23.9 Å². The van der Waals surface area contributed by atoms with E-state index in [0.29, 0.717) is 29.4 Å². The van der Waals surface area contributed by atoms with E-state index in [1.165, 1.54) is 18.9 Å². The van der Waals surface area contributed by atoms with Gasteiger partial charge in [0.05, 0.1) is 18.8 Å². The fraction of sp³-hybridized carbons (Fsp3) is 0.435. The molecular formula is C23H24FN5O2. The number of rotatable bonds is 2. The van der Waals surface area contributed by atoms with E-state index in [1.807, 2.05) is 13.1 Å². The minimum absolute atomic E-state index is 0.0302. The summed E-state index contributed by atoms with van der Waals surface area (Å²) in [5, 5.41) is 7.27. The zero-order valence-electron chi connectivity index (χ0n) is 17.3. The van der Waals surface area contributed by atoms with Crippen molar-refractivity contribution >= 4 is 17.4 Å². The Morgan fingerprint density at radius 1 is 1.32 bits per heavy atom. The van der Waals surface area contributed by atoms with Gasteiger partial charge in [0.2, 0.25) is 0 Å². The maximum atomic E-state index is 14.4. The van der Waals surface area contributed by atoms with Crippen LogP contribution in [0.1, 0.15) is 53.7 Å². The van der Waals surface area contributed by atoms with Crippen molar-refractivity contribution in [1.82, 2.24) is 19.9 Å². The van der Waals surface area contributed by atoms with Crippen molar-refractivity contribution in [1.29, 1.82) is 0 Å². The normalized spacial score (nSPS) is 23.0. The average Bonchev–Trinajstić information content (AvgIpc) is 3.34. The smallest absolute Gasteiger partial charge is 0.256 e. The fourth-order valence-corrected chi connectivity index (χ4v) is 4.74. The van der Waals surface area contributed by atoms with E-state index < -0.39 is 0 Å². The van der Waals surface area contributed by atoms with Gasteiger partial charge in [-0.2, -0.15) is 5.10 Å². The zero-order valence-corrected chi connectivity index (χ0v) is 17.3. The van der Waals surface area contributed by atoms with Gasteiger partial charge in [0.15, 0.2) is 5.65 Å². The summed E-state index contributed by atoms with van der Waals surface area (Å²) in [5.41, 5.74) is 2.93. The Labute approximate surface area is 179 Å². The summed E-state index contributed by atoms with van der Waals surface area (Å²) < 4.78 is 22.3. The molecular weight excluding hydrogens is 397 g/mol. The molecule has 3 aliphatic rings. The molecule has 1 N–H and O–H groups in total. The van der Waals surface area contributed by atoms with Gasteiger partial charge in [-0.25, -0.2) is 13.9 Å². The molecule has 6 rings (SSSR count). The molecule has 0 unspecified atom stereocenters. The number of carbonyl (C=O) groups is 1. The topological polar surface area (TPSA) is 71.8 Å². The van der Waals surface area contributed by atoms with Gasteiger partial charge in [0.1, 0.15) is 29.1 Å². The van der Waals surface area contributed by atoms with Crippen LogP contribution in [0.2, 0.25) is 0 Å². The molecule has 2 bridgehead atoms. The fourth-order valence-electron chi connectivity index (χ4n) is 4.74. The summed E-state index contributed by atoms with van der Waals surface area (Å²) in [6, 6.07) is 4.73. The molecule has 2 atom stereocenters. The van der Waals surface area contributed by atoms with E-state index in [2.05, 4.69) is 15.3 Å². The molecule has 2 aromatic heterocycles. The Hall–Kier alpha value is -3.16. The number of ether oxygens (including phenoxy) is 1. The summed E-state index contributed by atoms with van der Waals surface area (Å²) in [7, 11) is 0. The standard InChI is InChI=1S/C23H24FN5O2/c1-13-10-25-23(30)18-11-26-29-12-15-6-7-28(21(15)27-22(18)29)19(8-14-2-3-14)17-9-16(24)4-5-20(17)31-13/h4-5,9,11-14,19H,2-3,6-8,10H2,1H3,(H,25,30)/t13-,19+/m0/s1. The first-order chi connectivity index (χ1) is 15.1. The number of halogens is 1. The van der Waals surface area contributed by atoms with Crippen molar-refractivity contribution in [2.45, 2.75) is 44.8 Å². The lowest BCUT2D eigenvalue weighted by Crippen LogP contribution is -2.34. The molecule has 0 radical (unpaired) electrons. The molecule has 1 saturated carbocycles. The third-order valence-electron chi connectivity index (χ3n) is 6.52. The predicted octanol–water partition coefficient (Wildman–Crippen LogP) is 3.28. The molecule has 2 aliphatic heterocycles. The first-order valence-electron chi connectivity index (χ1n) is 10.9. The van der Waals surface area contributed by atoms with E-state index in [4.69, 9.17) is 9.72 Å². The number of fused-ring (bicyclic) bond motifs is 1. The van der Waals surface area contributed by atoms with Crippen LogP contribution in [-0.2, 0) is 6.42 Å². The molecule has 0 saturated heterocycles. The lowest BCUT2D eigenvalue weighted by molar-refractivity contribution is 0.0933. The first-order valence-corrected chi connectivity index (χ1v) is 10.9. The summed E-state index contributed by atoms with van der Waals surface area (Å²) in [6.45, 7) is 3.03. The third-order valence-corrected chi connectivity index (χ3v) is 6.52. The first kappa shape index (κ1) is 18.6. The Kier molecular flexibility index (Phi) is 4.16. The SMILES string of the molecule is C[C@H]1CNC(=O)c2cnn3cc4c(nc23)N(CC4)[C@H](CC2CC2)c2cc(F)ccc2O1. The van der Waals surface area contributed by atoms with Crippen molar-refractivity contribution in [3.63, 3.8) is 0 Å². The number of hydrogen-bond acceptors (Lipinski definition) is 5. The predicted molar refractivity (Wildman–Crippen MR) is 113 cm³/mol. The number of anilines is 1. The molecule has 1 aliphatic carbocycles. The number of amides is 1. The van der Waals surface area contributed by atoms with Gasteiger partial charge >= 0.3 is 0 Å². The van der Waals surface area contributed by atoms with Crippen LogP contribution >= 0.6 is 0 Å². The van der Waals surface area contributed by atoms with E-state index in [0.717, 1.165) is 36.3 Å². The van der Waals surface area contributed by atoms with Crippen LogP contribution in [0.3, 0.4) is 0 Å². The summed E-state index contributed by atoms with van der Waals surface area (Å²) >= 11 is 0. The van der Waals surface area contributed by atoms with Crippen LogP contribution in [-0.4, -0.2) is 39.7 Å². The quantitative estimate of drug-likeness (QED) is 0.688. The van der Waals surface area contributed by atoms with Crippen LogP contribution in [0.15, 0.2) is 30.6 Å². The van der Waals surface area contributed by atoms with Crippen LogP contribution in [0.25, 0.3) is 5.65 Å². The van der Waals surface area contributed by atoms with Crippen LogP contribution < -0.4 is 15.0 Å². The number of aromatic nitrogens is 3. The molecule has 1 fully saturated rings. The monoisotopic (exact) mass is 421 g/mol. The minimum Gasteiger partial charge on any atom is -0.489 e.